The fourth-order valence-corrected chi connectivity index (χ4v) is 1.44. The number of aryl methyl sites for hydroxylation is 2. The maximum atomic E-state index is 5.79. The van der Waals surface area contributed by atoms with Gasteiger partial charge in [-0.1, -0.05) is 18.2 Å². The number of nitrogen functional groups attached to an aromatic ring is 1. The van der Waals surface area contributed by atoms with Crippen LogP contribution in [0.25, 0.3) is 0 Å². The van der Waals surface area contributed by atoms with Gasteiger partial charge in [-0.3, -0.25) is 4.68 Å². The van der Waals surface area contributed by atoms with Crippen LogP contribution in [0.5, 0.6) is 0 Å². The Hall–Kier alpha value is -1.97. The van der Waals surface area contributed by atoms with E-state index in [0.29, 0.717) is 11.5 Å². The maximum Gasteiger partial charge on any atom is 0.175 e. The van der Waals surface area contributed by atoms with Gasteiger partial charge in [0.15, 0.2) is 5.82 Å². The summed E-state index contributed by atoms with van der Waals surface area (Å²) in [4.78, 5) is 0. The van der Waals surface area contributed by atoms with Gasteiger partial charge in [-0.25, -0.2) is 0 Å². The molecule has 0 unspecified atom stereocenters. The molecule has 0 spiro atoms. The summed E-state index contributed by atoms with van der Waals surface area (Å²) in [5.74, 6) is 0.701. The Morgan fingerprint density at radius 1 is 1.33 bits per heavy atom. The number of hydrogen-bond donors (Lipinski definition) is 2. The molecular formula is C11H14N4. The van der Waals surface area contributed by atoms with Crippen LogP contribution in [-0.2, 0) is 7.05 Å². The smallest absolute Gasteiger partial charge is 0.175 e. The molecule has 1 aromatic carbocycles. The SMILES string of the molecule is Cc1ccccc1Nc1nn(C)cc1N. The Labute approximate surface area is 88.7 Å². The van der Waals surface area contributed by atoms with Gasteiger partial charge < -0.3 is 11.1 Å². The minimum absolute atomic E-state index is 0.653. The molecule has 1 aromatic heterocycles. The normalized spacial score (nSPS) is 10.3. The van der Waals surface area contributed by atoms with Gasteiger partial charge in [-0.2, -0.15) is 5.10 Å². The molecular weight excluding hydrogens is 188 g/mol. The van der Waals surface area contributed by atoms with Gasteiger partial charge >= 0.3 is 0 Å². The Bertz CT molecular complexity index is 473. The highest BCUT2D eigenvalue weighted by Gasteiger charge is 2.04. The van der Waals surface area contributed by atoms with Crippen LogP contribution in [0.15, 0.2) is 30.5 Å². The molecule has 0 radical (unpaired) electrons. The van der Waals surface area contributed by atoms with Gasteiger partial charge in [0.05, 0.1) is 5.69 Å². The maximum absolute atomic E-state index is 5.79. The average molecular weight is 202 g/mol. The van der Waals surface area contributed by atoms with Crippen molar-refractivity contribution in [3.8, 4) is 0 Å². The zero-order valence-electron chi connectivity index (χ0n) is 8.86. The van der Waals surface area contributed by atoms with E-state index in [2.05, 4.69) is 10.4 Å². The molecule has 0 saturated carbocycles. The van der Waals surface area contributed by atoms with Crippen LogP contribution in [0, 0.1) is 6.92 Å². The first-order valence-electron chi connectivity index (χ1n) is 4.78. The second-order valence-corrected chi connectivity index (χ2v) is 3.55. The molecule has 4 nitrogen and oxygen atoms in total. The standard InChI is InChI=1S/C11H14N4/c1-8-5-3-4-6-10(8)13-11-9(12)7-15(2)14-11/h3-7H,12H2,1-2H3,(H,13,14). The van der Waals surface area contributed by atoms with E-state index in [1.165, 1.54) is 5.56 Å². The second-order valence-electron chi connectivity index (χ2n) is 3.55. The van der Waals surface area contributed by atoms with Crippen molar-refractivity contribution in [2.45, 2.75) is 6.92 Å². The molecule has 0 bridgehead atoms. The first kappa shape index (κ1) is 9.58. The highest BCUT2D eigenvalue weighted by Crippen LogP contribution is 2.22. The molecule has 0 atom stereocenters. The van der Waals surface area contributed by atoms with Crippen molar-refractivity contribution in [2.24, 2.45) is 7.05 Å². The molecule has 2 aromatic rings. The topological polar surface area (TPSA) is 55.9 Å². The Morgan fingerprint density at radius 2 is 2.07 bits per heavy atom. The Kier molecular flexibility index (Phi) is 2.33. The van der Waals surface area contributed by atoms with Crippen molar-refractivity contribution in [3.05, 3.63) is 36.0 Å². The molecule has 4 heteroatoms. The van der Waals surface area contributed by atoms with Gasteiger partial charge in [0.1, 0.15) is 0 Å². The van der Waals surface area contributed by atoms with Crippen LogP contribution in [0.2, 0.25) is 0 Å². The van der Waals surface area contributed by atoms with Crippen LogP contribution < -0.4 is 11.1 Å². The highest BCUT2D eigenvalue weighted by atomic mass is 15.3. The van der Waals surface area contributed by atoms with Crippen molar-refractivity contribution < 1.29 is 0 Å². The quantitative estimate of drug-likeness (QED) is 0.783. The number of aromatic nitrogens is 2. The molecule has 78 valence electrons. The molecule has 15 heavy (non-hydrogen) atoms. The molecule has 0 aliphatic heterocycles. The van der Waals surface area contributed by atoms with E-state index in [1.54, 1.807) is 10.9 Å². The third-order valence-electron chi connectivity index (χ3n) is 2.26. The lowest BCUT2D eigenvalue weighted by Crippen LogP contribution is -1.97. The summed E-state index contributed by atoms with van der Waals surface area (Å²) >= 11 is 0. The first-order valence-corrected chi connectivity index (χ1v) is 4.78. The number of nitrogens with one attached hydrogen (secondary N) is 1. The van der Waals surface area contributed by atoms with Crippen LogP contribution in [0.4, 0.5) is 17.2 Å². The average Bonchev–Trinajstić information content (AvgIpc) is 2.49. The lowest BCUT2D eigenvalue weighted by atomic mass is 10.2. The molecule has 0 saturated heterocycles. The predicted octanol–water partition coefficient (Wildman–Crippen LogP) is 2.05. The van der Waals surface area contributed by atoms with Gasteiger partial charge in [-0.05, 0) is 18.6 Å². The van der Waals surface area contributed by atoms with Gasteiger partial charge in [0.25, 0.3) is 0 Å². The number of hydrogen-bond acceptors (Lipinski definition) is 3. The molecule has 0 aliphatic carbocycles. The number of para-hydroxylation sites is 1. The van der Waals surface area contributed by atoms with E-state index in [4.69, 9.17) is 5.73 Å². The minimum Gasteiger partial charge on any atom is -0.394 e. The second kappa shape index (κ2) is 3.65. The van der Waals surface area contributed by atoms with Gasteiger partial charge in [0.2, 0.25) is 0 Å². The van der Waals surface area contributed by atoms with Crippen LogP contribution in [0.3, 0.4) is 0 Å². The zero-order chi connectivity index (χ0) is 10.8. The van der Waals surface area contributed by atoms with E-state index in [-0.39, 0.29) is 0 Å². The van der Waals surface area contributed by atoms with E-state index >= 15 is 0 Å². The summed E-state index contributed by atoms with van der Waals surface area (Å²) < 4.78 is 1.69. The lowest BCUT2D eigenvalue weighted by molar-refractivity contribution is 0.771. The molecule has 0 aliphatic rings. The van der Waals surface area contributed by atoms with Crippen LogP contribution in [-0.4, -0.2) is 9.78 Å². The van der Waals surface area contributed by atoms with Crippen LogP contribution >= 0.6 is 0 Å². The molecule has 0 fully saturated rings. The fourth-order valence-electron chi connectivity index (χ4n) is 1.44. The number of rotatable bonds is 2. The van der Waals surface area contributed by atoms with Gasteiger partial charge in [0, 0.05) is 18.9 Å². The summed E-state index contributed by atoms with van der Waals surface area (Å²) in [7, 11) is 1.85. The summed E-state index contributed by atoms with van der Waals surface area (Å²) in [6.07, 6.45) is 1.78. The molecule has 2 rings (SSSR count). The van der Waals surface area contributed by atoms with E-state index < -0.39 is 0 Å². The Morgan fingerprint density at radius 3 is 2.67 bits per heavy atom. The van der Waals surface area contributed by atoms with Crippen molar-refractivity contribution in [3.63, 3.8) is 0 Å². The summed E-state index contributed by atoms with van der Waals surface area (Å²) in [6, 6.07) is 8.03. The highest BCUT2D eigenvalue weighted by molar-refractivity contribution is 5.69. The largest absolute Gasteiger partial charge is 0.394 e. The van der Waals surface area contributed by atoms with Crippen molar-refractivity contribution in [1.82, 2.24) is 9.78 Å². The number of nitrogens with zero attached hydrogens (tertiary/aromatic N) is 2. The van der Waals surface area contributed by atoms with Crippen LogP contribution in [0.1, 0.15) is 5.56 Å². The molecule has 0 amide bonds. The fraction of sp³-hybridized carbons (Fsp3) is 0.182. The third kappa shape index (κ3) is 1.93. The third-order valence-corrected chi connectivity index (χ3v) is 2.26. The van der Waals surface area contributed by atoms with Crippen molar-refractivity contribution >= 4 is 17.2 Å². The minimum atomic E-state index is 0.653. The predicted molar refractivity (Wildman–Crippen MR) is 62.1 cm³/mol. The zero-order valence-corrected chi connectivity index (χ0v) is 8.86. The molecule has 3 N–H and O–H groups in total. The summed E-state index contributed by atoms with van der Waals surface area (Å²) in [5, 5.41) is 7.43. The van der Waals surface area contributed by atoms with E-state index in [0.717, 1.165) is 5.69 Å². The number of anilines is 3. The van der Waals surface area contributed by atoms with Gasteiger partial charge in [-0.15, -0.1) is 0 Å². The first-order chi connectivity index (χ1) is 7.16. The van der Waals surface area contributed by atoms with E-state index in [9.17, 15) is 0 Å². The summed E-state index contributed by atoms with van der Waals surface area (Å²) in [6.45, 7) is 2.04. The summed E-state index contributed by atoms with van der Waals surface area (Å²) in [5.41, 5.74) is 8.65. The number of benzene rings is 1. The lowest BCUT2D eigenvalue weighted by Gasteiger charge is -2.06. The van der Waals surface area contributed by atoms with E-state index in [1.807, 2.05) is 38.2 Å². The van der Waals surface area contributed by atoms with Crippen molar-refractivity contribution in [1.29, 1.82) is 0 Å². The molecule has 1 heterocycles. The monoisotopic (exact) mass is 202 g/mol. The Balaban J connectivity index is 2.29. The van der Waals surface area contributed by atoms with Crippen molar-refractivity contribution in [2.75, 3.05) is 11.1 Å². The number of nitrogens with two attached hydrogens (primary N) is 1.